The number of rotatable bonds is 3. The van der Waals surface area contributed by atoms with Crippen LogP contribution in [0.25, 0.3) is 0 Å². The first-order valence-electron chi connectivity index (χ1n) is 7.48. The van der Waals surface area contributed by atoms with Crippen molar-refractivity contribution in [3.63, 3.8) is 0 Å². The Labute approximate surface area is 141 Å². The zero-order chi connectivity index (χ0) is 14.8. The molecule has 1 aromatic rings. The van der Waals surface area contributed by atoms with E-state index in [9.17, 15) is 9.59 Å². The van der Waals surface area contributed by atoms with Crippen molar-refractivity contribution in [3.05, 3.63) is 22.4 Å². The predicted molar refractivity (Wildman–Crippen MR) is 89.6 cm³/mol. The highest BCUT2D eigenvalue weighted by molar-refractivity contribution is 7.08. The molecule has 2 saturated heterocycles. The number of piperazine rings is 1. The molecule has 0 spiro atoms. The molecule has 0 aromatic carbocycles. The zero-order valence-electron chi connectivity index (χ0n) is 12.7. The number of halogens is 1. The van der Waals surface area contributed by atoms with E-state index < -0.39 is 0 Å². The maximum Gasteiger partial charge on any atom is 0.254 e. The molecule has 1 N–H and O–H groups in total. The molecule has 5 nitrogen and oxygen atoms in total. The van der Waals surface area contributed by atoms with Gasteiger partial charge in [-0.1, -0.05) is 6.92 Å². The summed E-state index contributed by atoms with van der Waals surface area (Å²) in [4.78, 5) is 28.5. The molecule has 2 aliphatic rings. The number of nitrogens with one attached hydrogen (secondary N) is 1. The second-order valence-electron chi connectivity index (χ2n) is 5.84. The Hall–Kier alpha value is -1.11. The average molecular weight is 344 g/mol. The maximum atomic E-state index is 12.4. The van der Waals surface area contributed by atoms with Gasteiger partial charge in [-0.25, -0.2) is 0 Å². The predicted octanol–water partition coefficient (Wildman–Crippen LogP) is 1.31. The van der Waals surface area contributed by atoms with Crippen LogP contribution in [0.5, 0.6) is 0 Å². The van der Waals surface area contributed by atoms with Crippen LogP contribution in [0.2, 0.25) is 0 Å². The molecular weight excluding hydrogens is 322 g/mol. The van der Waals surface area contributed by atoms with Gasteiger partial charge in [0.1, 0.15) is 0 Å². The Morgan fingerprint density at radius 2 is 1.86 bits per heavy atom. The number of nitrogens with zero attached hydrogens (tertiary/aromatic N) is 2. The molecule has 122 valence electrons. The number of carbonyl (C=O) groups is 2. The monoisotopic (exact) mass is 343 g/mol. The summed E-state index contributed by atoms with van der Waals surface area (Å²) in [5.74, 6) is 0.886. The summed E-state index contributed by atoms with van der Waals surface area (Å²) in [7, 11) is 0. The number of hydrogen-bond acceptors (Lipinski definition) is 4. The molecule has 7 heteroatoms. The Kier molecular flexibility index (Phi) is 5.83. The highest BCUT2D eigenvalue weighted by atomic mass is 35.5. The molecule has 2 aliphatic heterocycles. The minimum Gasteiger partial charge on any atom is -0.339 e. The third kappa shape index (κ3) is 3.45. The summed E-state index contributed by atoms with van der Waals surface area (Å²) in [6, 6.07) is 1.86. The van der Waals surface area contributed by atoms with Gasteiger partial charge >= 0.3 is 0 Å². The van der Waals surface area contributed by atoms with Crippen LogP contribution in [0.3, 0.4) is 0 Å². The van der Waals surface area contributed by atoms with E-state index in [0.717, 1.165) is 18.7 Å². The van der Waals surface area contributed by atoms with Crippen LogP contribution in [-0.2, 0) is 4.79 Å². The topological polar surface area (TPSA) is 52.7 Å². The number of hydrogen-bond donors (Lipinski definition) is 1. The van der Waals surface area contributed by atoms with Crippen LogP contribution in [-0.4, -0.2) is 60.9 Å². The van der Waals surface area contributed by atoms with Crippen molar-refractivity contribution in [2.45, 2.75) is 6.92 Å². The summed E-state index contributed by atoms with van der Waals surface area (Å²) >= 11 is 1.54. The lowest BCUT2D eigenvalue weighted by molar-refractivity contribution is -0.138. The van der Waals surface area contributed by atoms with Crippen LogP contribution in [0, 0.1) is 11.8 Å². The van der Waals surface area contributed by atoms with Gasteiger partial charge in [-0.05, 0) is 30.5 Å². The highest BCUT2D eigenvalue weighted by Crippen LogP contribution is 2.20. The summed E-state index contributed by atoms with van der Waals surface area (Å²) in [5.41, 5.74) is 0.758. The van der Waals surface area contributed by atoms with Crippen molar-refractivity contribution in [3.8, 4) is 0 Å². The van der Waals surface area contributed by atoms with Crippen molar-refractivity contribution in [1.29, 1.82) is 0 Å². The molecular formula is C15H22ClN3O2S. The Balaban J connectivity index is 0.00000176. The summed E-state index contributed by atoms with van der Waals surface area (Å²) in [6.45, 7) is 6.49. The van der Waals surface area contributed by atoms with E-state index in [1.165, 1.54) is 11.3 Å². The summed E-state index contributed by atoms with van der Waals surface area (Å²) in [5, 5.41) is 7.01. The molecule has 0 radical (unpaired) electrons. The summed E-state index contributed by atoms with van der Waals surface area (Å²) < 4.78 is 0. The van der Waals surface area contributed by atoms with Gasteiger partial charge in [0.25, 0.3) is 5.91 Å². The number of carbonyl (C=O) groups excluding carboxylic acids is 2. The molecule has 1 aromatic heterocycles. The molecule has 1 atom stereocenters. The first-order valence-corrected chi connectivity index (χ1v) is 8.42. The van der Waals surface area contributed by atoms with Crippen molar-refractivity contribution in [2.24, 2.45) is 11.8 Å². The molecule has 2 amide bonds. The Morgan fingerprint density at radius 3 is 2.36 bits per heavy atom. The summed E-state index contributed by atoms with van der Waals surface area (Å²) in [6.07, 6.45) is 0. The molecule has 0 bridgehead atoms. The fourth-order valence-electron chi connectivity index (χ4n) is 2.85. The molecule has 22 heavy (non-hydrogen) atoms. The SMILES string of the molecule is CC(C(=O)N1CCN(C(=O)c2ccsc2)CC1)C1CNC1.Cl. The van der Waals surface area contributed by atoms with Gasteiger partial charge in [0.05, 0.1) is 5.56 Å². The lowest BCUT2D eigenvalue weighted by Crippen LogP contribution is -2.55. The third-order valence-corrected chi connectivity index (χ3v) is 5.24. The number of thiophene rings is 1. The molecule has 0 aliphatic carbocycles. The molecule has 2 fully saturated rings. The van der Waals surface area contributed by atoms with Crippen LogP contribution in [0.1, 0.15) is 17.3 Å². The molecule has 3 heterocycles. The van der Waals surface area contributed by atoms with E-state index in [1.807, 2.05) is 33.6 Å². The van der Waals surface area contributed by atoms with Crippen molar-refractivity contribution in [1.82, 2.24) is 15.1 Å². The van der Waals surface area contributed by atoms with E-state index in [2.05, 4.69) is 5.32 Å². The van der Waals surface area contributed by atoms with Crippen LogP contribution in [0.15, 0.2) is 16.8 Å². The van der Waals surface area contributed by atoms with Gasteiger partial charge in [0.2, 0.25) is 5.91 Å². The quantitative estimate of drug-likeness (QED) is 0.900. The van der Waals surface area contributed by atoms with Crippen LogP contribution < -0.4 is 5.32 Å². The van der Waals surface area contributed by atoms with Crippen molar-refractivity contribution in [2.75, 3.05) is 39.3 Å². The Bertz CT molecular complexity index is 511. The fourth-order valence-corrected chi connectivity index (χ4v) is 3.48. The van der Waals surface area contributed by atoms with E-state index >= 15 is 0 Å². The smallest absolute Gasteiger partial charge is 0.254 e. The van der Waals surface area contributed by atoms with Gasteiger partial charge in [-0.15, -0.1) is 12.4 Å². The van der Waals surface area contributed by atoms with Crippen LogP contribution in [0.4, 0.5) is 0 Å². The molecule has 3 rings (SSSR count). The molecule has 1 unspecified atom stereocenters. The van der Waals surface area contributed by atoms with Crippen molar-refractivity contribution >= 4 is 35.6 Å². The fraction of sp³-hybridized carbons (Fsp3) is 0.600. The zero-order valence-corrected chi connectivity index (χ0v) is 14.3. The second-order valence-corrected chi connectivity index (χ2v) is 6.62. The normalized spacial score (nSPS) is 20.0. The van der Waals surface area contributed by atoms with E-state index in [4.69, 9.17) is 0 Å². The van der Waals surface area contributed by atoms with Crippen LogP contribution >= 0.6 is 23.7 Å². The first-order chi connectivity index (χ1) is 10.2. The number of amides is 2. The van der Waals surface area contributed by atoms with Gasteiger partial charge in [-0.2, -0.15) is 11.3 Å². The van der Waals surface area contributed by atoms with Gasteiger partial charge in [0.15, 0.2) is 0 Å². The van der Waals surface area contributed by atoms with Gasteiger partial charge in [-0.3, -0.25) is 9.59 Å². The second kappa shape index (κ2) is 7.44. The van der Waals surface area contributed by atoms with E-state index in [1.54, 1.807) is 0 Å². The highest BCUT2D eigenvalue weighted by Gasteiger charge is 2.33. The molecule has 0 saturated carbocycles. The standard InChI is InChI=1S/C15H21N3O2S.ClH/c1-11(13-8-16-9-13)14(19)17-3-5-18(6-4-17)15(20)12-2-7-21-10-12;/h2,7,10-11,13,16H,3-6,8-9H2,1H3;1H. The van der Waals surface area contributed by atoms with Crippen molar-refractivity contribution < 1.29 is 9.59 Å². The minimum absolute atomic E-state index is 0. The minimum atomic E-state index is 0. The average Bonchev–Trinajstić information content (AvgIpc) is 2.98. The lowest BCUT2D eigenvalue weighted by atomic mass is 9.88. The maximum absolute atomic E-state index is 12.4. The first kappa shape index (κ1) is 17.2. The Morgan fingerprint density at radius 1 is 1.23 bits per heavy atom. The van der Waals surface area contributed by atoms with Gasteiger partial charge in [0, 0.05) is 37.5 Å². The lowest BCUT2D eigenvalue weighted by Gasteiger charge is -2.39. The van der Waals surface area contributed by atoms with E-state index in [0.29, 0.717) is 32.1 Å². The van der Waals surface area contributed by atoms with E-state index in [-0.39, 0.29) is 30.1 Å². The largest absolute Gasteiger partial charge is 0.339 e. The third-order valence-electron chi connectivity index (χ3n) is 4.56. The van der Waals surface area contributed by atoms with Gasteiger partial charge < -0.3 is 15.1 Å².